The molecule has 0 spiro atoms. The first-order valence-corrected chi connectivity index (χ1v) is 12.7. The average molecular weight is 488 g/mol. The molecular weight excluding hydrogens is 462 g/mol. The third-order valence-electron chi connectivity index (χ3n) is 6.10. The van der Waals surface area contributed by atoms with Crippen LogP contribution in [0, 0.1) is 6.92 Å². The van der Waals surface area contributed by atoms with Gasteiger partial charge in [0.1, 0.15) is 17.0 Å². The minimum absolute atomic E-state index is 0.0305. The second-order valence-electron chi connectivity index (χ2n) is 8.23. The van der Waals surface area contributed by atoms with Crippen molar-refractivity contribution in [3.8, 4) is 11.3 Å². The van der Waals surface area contributed by atoms with E-state index in [2.05, 4.69) is 10.5 Å². The van der Waals surface area contributed by atoms with Gasteiger partial charge in [-0.25, -0.2) is 8.42 Å². The number of sulfonamides is 1. The van der Waals surface area contributed by atoms with Crippen molar-refractivity contribution in [3.05, 3.63) is 64.9 Å². The van der Waals surface area contributed by atoms with E-state index in [0.29, 0.717) is 27.7 Å². The van der Waals surface area contributed by atoms with Crippen LogP contribution in [-0.2, 0) is 10.0 Å². The topological polar surface area (TPSA) is 92.5 Å². The Morgan fingerprint density at radius 3 is 2.42 bits per heavy atom. The van der Waals surface area contributed by atoms with Gasteiger partial charge in [-0.3, -0.25) is 4.79 Å². The predicted octanol–water partition coefficient (Wildman–Crippen LogP) is 5.51. The van der Waals surface area contributed by atoms with Crippen molar-refractivity contribution in [2.75, 3.05) is 12.4 Å². The van der Waals surface area contributed by atoms with Crippen molar-refractivity contribution in [2.24, 2.45) is 0 Å². The van der Waals surface area contributed by atoms with Gasteiger partial charge in [0.15, 0.2) is 0 Å². The summed E-state index contributed by atoms with van der Waals surface area (Å²) < 4.78 is 32.8. The second-order valence-corrected chi connectivity index (χ2v) is 10.6. The van der Waals surface area contributed by atoms with Gasteiger partial charge in [0.25, 0.3) is 5.91 Å². The van der Waals surface area contributed by atoms with Crippen molar-refractivity contribution < 1.29 is 17.7 Å². The molecule has 0 bridgehead atoms. The van der Waals surface area contributed by atoms with Gasteiger partial charge in [0.2, 0.25) is 10.0 Å². The number of anilines is 1. The summed E-state index contributed by atoms with van der Waals surface area (Å²) >= 11 is 6.27. The van der Waals surface area contributed by atoms with Gasteiger partial charge < -0.3 is 9.84 Å². The number of carbonyl (C=O) groups excluding carboxylic acids is 1. The highest BCUT2D eigenvalue weighted by Crippen LogP contribution is 2.32. The number of hydrogen-bond acceptors (Lipinski definition) is 5. The van der Waals surface area contributed by atoms with Crippen molar-refractivity contribution in [1.29, 1.82) is 0 Å². The van der Waals surface area contributed by atoms with Crippen molar-refractivity contribution in [1.82, 2.24) is 9.46 Å². The fourth-order valence-electron chi connectivity index (χ4n) is 4.19. The number of nitrogens with zero attached hydrogens (tertiary/aromatic N) is 2. The molecule has 1 amide bonds. The highest BCUT2D eigenvalue weighted by Gasteiger charge is 2.29. The number of amides is 1. The van der Waals surface area contributed by atoms with Crippen LogP contribution < -0.4 is 5.32 Å². The molecule has 9 heteroatoms. The molecule has 174 valence electrons. The zero-order valence-electron chi connectivity index (χ0n) is 18.5. The predicted molar refractivity (Wildman–Crippen MR) is 128 cm³/mol. The molecule has 1 aliphatic carbocycles. The molecule has 1 aliphatic rings. The maximum absolute atomic E-state index is 13.0. The average Bonchev–Trinajstić information content (AvgIpc) is 3.21. The van der Waals surface area contributed by atoms with Crippen molar-refractivity contribution in [2.45, 2.75) is 50.0 Å². The van der Waals surface area contributed by atoms with Crippen LogP contribution in [0.5, 0.6) is 0 Å². The first-order chi connectivity index (χ1) is 15.8. The maximum atomic E-state index is 13.0. The van der Waals surface area contributed by atoms with Crippen LogP contribution in [0.3, 0.4) is 0 Å². The van der Waals surface area contributed by atoms with Gasteiger partial charge in [0, 0.05) is 24.3 Å². The molecule has 2 aromatic carbocycles. The molecule has 0 unspecified atom stereocenters. The van der Waals surface area contributed by atoms with Gasteiger partial charge in [-0.05, 0) is 50.1 Å². The lowest BCUT2D eigenvalue weighted by Gasteiger charge is -2.30. The van der Waals surface area contributed by atoms with E-state index >= 15 is 0 Å². The highest BCUT2D eigenvalue weighted by molar-refractivity contribution is 7.89. The molecule has 0 atom stereocenters. The molecule has 7 nitrogen and oxygen atoms in total. The summed E-state index contributed by atoms with van der Waals surface area (Å²) in [7, 11) is -1.96. The SMILES string of the molecule is Cc1onc(-c2ccccc2Cl)c1C(=O)Nc1ccc(S(=O)(=O)N(C)C2CCCCC2)cc1. The first-order valence-electron chi connectivity index (χ1n) is 10.9. The third-order valence-corrected chi connectivity index (χ3v) is 8.35. The van der Waals surface area contributed by atoms with E-state index in [0.717, 1.165) is 32.1 Å². The van der Waals surface area contributed by atoms with Crippen LogP contribution in [0.25, 0.3) is 11.3 Å². The number of halogens is 1. The lowest BCUT2D eigenvalue weighted by molar-refractivity contribution is 0.102. The van der Waals surface area contributed by atoms with E-state index in [-0.39, 0.29) is 16.5 Å². The molecule has 0 saturated heterocycles. The lowest BCUT2D eigenvalue weighted by atomic mass is 9.96. The molecule has 1 fully saturated rings. The quantitative estimate of drug-likeness (QED) is 0.495. The third kappa shape index (κ3) is 4.83. The van der Waals surface area contributed by atoms with Crippen LogP contribution in [0.2, 0.25) is 5.02 Å². The summed E-state index contributed by atoms with van der Waals surface area (Å²) in [6.45, 7) is 1.65. The van der Waals surface area contributed by atoms with Crippen molar-refractivity contribution in [3.63, 3.8) is 0 Å². The molecule has 0 aliphatic heterocycles. The molecule has 1 N–H and O–H groups in total. The van der Waals surface area contributed by atoms with Gasteiger partial charge in [-0.15, -0.1) is 0 Å². The number of rotatable bonds is 6. The Morgan fingerprint density at radius 2 is 1.76 bits per heavy atom. The zero-order chi connectivity index (χ0) is 23.6. The number of carbonyl (C=O) groups is 1. The number of aromatic nitrogens is 1. The molecule has 0 radical (unpaired) electrons. The van der Waals surface area contributed by atoms with Crippen LogP contribution in [0.15, 0.2) is 57.9 Å². The first kappa shape index (κ1) is 23.5. The van der Waals surface area contributed by atoms with Crippen LogP contribution in [-0.4, -0.2) is 36.9 Å². The van der Waals surface area contributed by atoms with Crippen LogP contribution in [0.1, 0.15) is 48.2 Å². The second kappa shape index (κ2) is 9.67. The Morgan fingerprint density at radius 1 is 1.09 bits per heavy atom. The maximum Gasteiger partial charge on any atom is 0.261 e. The van der Waals surface area contributed by atoms with E-state index < -0.39 is 15.9 Å². The summed E-state index contributed by atoms with van der Waals surface area (Å²) in [5.41, 5.74) is 1.68. The minimum Gasteiger partial charge on any atom is -0.360 e. The molecule has 3 aromatic rings. The fraction of sp³-hybridized carbons (Fsp3) is 0.333. The number of benzene rings is 2. The normalized spacial score (nSPS) is 15.0. The van der Waals surface area contributed by atoms with E-state index in [9.17, 15) is 13.2 Å². The van der Waals surface area contributed by atoms with Gasteiger partial charge in [-0.1, -0.05) is 54.2 Å². The Labute approximate surface area is 198 Å². The summed E-state index contributed by atoms with van der Waals surface area (Å²) in [6.07, 6.45) is 5.02. The van der Waals surface area contributed by atoms with Gasteiger partial charge in [-0.2, -0.15) is 4.31 Å². The monoisotopic (exact) mass is 487 g/mol. The Kier molecular flexibility index (Phi) is 6.88. The number of hydrogen-bond donors (Lipinski definition) is 1. The summed E-state index contributed by atoms with van der Waals surface area (Å²) in [5, 5.41) is 7.27. The smallest absolute Gasteiger partial charge is 0.261 e. The standard InChI is InChI=1S/C24H26ClN3O4S/c1-16-22(23(27-32-16)20-10-6-7-11-21(20)25)24(29)26-17-12-14-19(15-13-17)33(30,31)28(2)18-8-4-3-5-9-18/h6-7,10-15,18H,3-5,8-9H2,1-2H3,(H,26,29). The van der Waals surface area contributed by atoms with Gasteiger partial charge in [0.05, 0.1) is 9.92 Å². The largest absolute Gasteiger partial charge is 0.360 e. The van der Waals surface area contributed by atoms with Crippen LogP contribution >= 0.6 is 11.6 Å². The molecule has 1 saturated carbocycles. The van der Waals surface area contributed by atoms with Gasteiger partial charge >= 0.3 is 0 Å². The lowest BCUT2D eigenvalue weighted by Crippen LogP contribution is -2.38. The van der Waals surface area contributed by atoms with E-state index in [4.69, 9.17) is 16.1 Å². The zero-order valence-corrected chi connectivity index (χ0v) is 20.1. The Balaban J connectivity index is 1.53. The fourth-order valence-corrected chi connectivity index (χ4v) is 5.83. The number of nitrogens with one attached hydrogen (secondary N) is 1. The summed E-state index contributed by atoms with van der Waals surface area (Å²) in [4.78, 5) is 13.2. The van der Waals surface area contributed by atoms with E-state index in [1.54, 1.807) is 50.4 Å². The summed E-state index contributed by atoms with van der Waals surface area (Å²) in [5.74, 6) is -0.0608. The summed E-state index contributed by atoms with van der Waals surface area (Å²) in [6, 6.07) is 13.3. The highest BCUT2D eigenvalue weighted by atomic mass is 35.5. The van der Waals surface area contributed by atoms with E-state index in [1.807, 2.05) is 0 Å². The molecule has 1 heterocycles. The Hall–Kier alpha value is -2.68. The van der Waals surface area contributed by atoms with E-state index in [1.165, 1.54) is 16.4 Å². The molecule has 1 aromatic heterocycles. The molecular formula is C24H26ClN3O4S. The Bertz CT molecular complexity index is 1250. The minimum atomic E-state index is -3.60. The molecule has 4 rings (SSSR count). The molecule has 33 heavy (non-hydrogen) atoms. The number of aryl methyl sites for hydroxylation is 1. The van der Waals surface area contributed by atoms with Crippen LogP contribution in [0.4, 0.5) is 5.69 Å². The van der Waals surface area contributed by atoms with Crippen molar-refractivity contribution >= 4 is 33.2 Å².